The summed E-state index contributed by atoms with van der Waals surface area (Å²) in [6.45, 7) is 0. The van der Waals surface area contributed by atoms with Gasteiger partial charge in [-0.3, -0.25) is 4.79 Å². The van der Waals surface area contributed by atoms with Crippen LogP contribution in [0.2, 0.25) is 0 Å². The summed E-state index contributed by atoms with van der Waals surface area (Å²) in [5, 5.41) is 3.00. The van der Waals surface area contributed by atoms with Gasteiger partial charge in [0.2, 0.25) is 0 Å². The van der Waals surface area contributed by atoms with Crippen molar-refractivity contribution in [3.05, 3.63) is 29.8 Å². The van der Waals surface area contributed by atoms with E-state index in [1.54, 1.807) is 19.2 Å². The summed E-state index contributed by atoms with van der Waals surface area (Å²) in [6.07, 6.45) is 3.13. The number of hydrogen-bond donors (Lipinski definition) is 2. The number of methoxy groups -OCH3 is 1. The summed E-state index contributed by atoms with van der Waals surface area (Å²) < 4.78 is 5.28. The van der Waals surface area contributed by atoms with Crippen LogP contribution in [0.3, 0.4) is 0 Å². The minimum Gasteiger partial charge on any atom is -0.398 e. The molecule has 3 N–H and O–H groups in total. The van der Waals surface area contributed by atoms with Crippen molar-refractivity contribution in [2.24, 2.45) is 0 Å². The second-order valence-corrected chi connectivity index (χ2v) is 4.43. The van der Waals surface area contributed by atoms with Gasteiger partial charge in [0.15, 0.2) is 0 Å². The van der Waals surface area contributed by atoms with E-state index in [0.29, 0.717) is 11.3 Å². The van der Waals surface area contributed by atoms with Crippen molar-refractivity contribution in [1.29, 1.82) is 0 Å². The third-order valence-electron chi connectivity index (χ3n) is 3.26. The van der Waals surface area contributed by atoms with Crippen molar-refractivity contribution in [1.82, 2.24) is 5.32 Å². The Morgan fingerprint density at radius 2 is 2.18 bits per heavy atom. The van der Waals surface area contributed by atoms with E-state index in [9.17, 15) is 4.79 Å². The van der Waals surface area contributed by atoms with Gasteiger partial charge in [0.1, 0.15) is 0 Å². The molecule has 1 amide bonds. The first-order valence-electron chi connectivity index (χ1n) is 5.89. The number of ether oxygens (including phenoxy) is 1. The molecule has 0 saturated heterocycles. The Hall–Kier alpha value is -1.55. The van der Waals surface area contributed by atoms with Crippen LogP contribution in [0.15, 0.2) is 24.3 Å². The van der Waals surface area contributed by atoms with E-state index in [1.165, 1.54) is 0 Å². The van der Waals surface area contributed by atoms with Gasteiger partial charge in [-0.15, -0.1) is 0 Å². The first-order chi connectivity index (χ1) is 8.20. The SMILES string of the molecule is COC1CCC(NC(=O)c2ccccc2N)C1. The molecule has 0 aromatic heterocycles. The molecular weight excluding hydrogens is 216 g/mol. The Labute approximate surface area is 101 Å². The normalized spacial score (nSPS) is 23.6. The summed E-state index contributed by atoms with van der Waals surface area (Å²) in [5.74, 6) is -0.0927. The summed E-state index contributed by atoms with van der Waals surface area (Å²) in [7, 11) is 1.71. The van der Waals surface area contributed by atoms with Crippen molar-refractivity contribution >= 4 is 11.6 Å². The van der Waals surface area contributed by atoms with Crippen LogP contribution in [-0.4, -0.2) is 25.2 Å². The predicted octanol–water partition coefficient (Wildman–Crippen LogP) is 1.57. The average Bonchev–Trinajstić information content (AvgIpc) is 2.77. The average molecular weight is 234 g/mol. The van der Waals surface area contributed by atoms with E-state index < -0.39 is 0 Å². The number of nitrogens with two attached hydrogens (primary N) is 1. The van der Waals surface area contributed by atoms with Crippen LogP contribution < -0.4 is 11.1 Å². The quantitative estimate of drug-likeness (QED) is 0.780. The molecular formula is C13H18N2O2. The highest BCUT2D eigenvalue weighted by atomic mass is 16.5. The maximum absolute atomic E-state index is 12.0. The van der Waals surface area contributed by atoms with Gasteiger partial charge in [-0.2, -0.15) is 0 Å². The maximum atomic E-state index is 12.0. The third kappa shape index (κ3) is 2.77. The third-order valence-corrected chi connectivity index (χ3v) is 3.26. The highest BCUT2D eigenvalue weighted by molar-refractivity contribution is 5.99. The zero-order chi connectivity index (χ0) is 12.3. The number of amides is 1. The van der Waals surface area contributed by atoms with Crippen molar-refractivity contribution < 1.29 is 9.53 Å². The number of nitrogen functional groups attached to an aromatic ring is 1. The largest absolute Gasteiger partial charge is 0.398 e. The van der Waals surface area contributed by atoms with Crippen LogP contribution >= 0.6 is 0 Å². The van der Waals surface area contributed by atoms with Gasteiger partial charge in [0.05, 0.1) is 11.7 Å². The minimum absolute atomic E-state index is 0.0927. The molecule has 1 aromatic rings. The lowest BCUT2D eigenvalue weighted by molar-refractivity contribution is 0.0916. The maximum Gasteiger partial charge on any atom is 0.253 e. The second-order valence-electron chi connectivity index (χ2n) is 4.43. The van der Waals surface area contributed by atoms with Crippen LogP contribution in [0.5, 0.6) is 0 Å². The van der Waals surface area contributed by atoms with Crippen LogP contribution in [0.1, 0.15) is 29.6 Å². The van der Waals surface area contributed by atoms with E-state index in [4.69, 9.17) is 10.5 Å². The van der Waals surface area contributed by atoms with E-state index in [0.717, 1.165) is 19.3 Å². The first kappa shape index (κ1) is 11.9. The summed E-state index contributed by atoms with van der Waals surface area (Å²) in [6, 6.07) is 7.32. The molecule has 4 heteroatoms. The summed E-state index contributed by atoms with van der Waals surface area (Å²) in [5.41, 5.74) is 6.83. The Morgan fingerprint density at radius 1 is 1.41 bits per heavy atom. The summed E-state index contributed by atoms with van der Waals surface area (Å²) >= 11 is 0. The monoisotopic (exact) mass is 234 g/mol. The molecule has 1 fully saturated rings. The van der Waals surface area contributed by atoms with Crippen LogP contribution in [0.4, 0.5) is 5.69 Å². The molecule has 1 aliphatic rings. The van der Waals surface area contributed by atoms with Crippen molar-refractivity contribution in [2.75, 3.05) is 12.8 Å². The lowest BCUT2D eigenvalue weighted by Crippen LogP contribution is -2.33. The molecule has 1 aromatic carbocycles. The van der Waals surface area contributed by atoms with Crippen molar-refractivity contribution in [3.63, 3.8) is 0 Å². The molecule has 1 aliphatic carbocycles. The van der Waals surface area contributed by atoms with Crippen molar-refractivity contribution in [2.45, 2.75) is 31.4 Å². The fraction of sp³-hybridized carbons (Fsp3) is 0.462. The number of para-hydroxylation sites is 1. The Balaban J connectivity index is 1.96. The van der Waals surface area contributed by atoms with E-state index >= 15 is 0 Å². The van der Waals surface area contributed by atoms with Crippen LogP contribution in [0, 0.1) is 0 Å². The van der Waals surface area contributed by atoms with Gasteiger partial charge in [0, 0.05) is 18.8 Å². The number of benzene rings is 1. The van der Waals surface area contributed by atoms with Crippen LogP contribution in [-0.2, 0) is 4.74 Å². The van der Waals surface area contributed by atoms with E-state index in [1.807, 2.05) is 12.1 Å². The molecule has 0 spiro atoms. The Morgan fingerprint density at radius 3 is 2.82 bits per heavy atom. The van der Waals surface area contributed by atoms with E-state index in [-0.39, 0.29) is 18.1 Å². The molecule has 0 aliphatic heterocycles. The standard InChI is InChI=1S/C13H18N2O2/c1-17-10-7-6-9(8-10)15-13(16)11-4-2-3-5-12(11)14/h2-5,9-10H,6-8,14H2,1H3,(H,15,16). The highest BCUT2D eigenvalue weighted by Crippen LogP contribution is 2.22. The molecule has 0 heterocycles. The minimum atomic E-state index is -0.0927. The van der Waals surface area contributed by atoms with Gasteiger partial charge in [-0.1, -0.05) is 12.1 Å². The predicted molar refractivity (Wildman–Crippen MR) is 66.8 cm³/mol. The Bertz CT molecular complexity index is 406. The van der Waals surface area contributed by atoms with Gasteiger partial charge < -0.3 is 15.8 Å². The number of anilines is 1. The molecule has 1 saturated carbocycles. The van der Waals surface area contributed by atoms with Gasteiger partial charge in [-0.05, 0) is 31.4 Å². The zero-order valence-electron chi connectivity index (χ0n) is 9.98. The lowest BCUT2D eigenvalue weighted by atomic mass is 10.1. The number of carbonyl (C=O) groups is 1. The zero-order valence-corrected chi connectivity index (χ0v) is 9.98. The van der Waals surface area contributed by atoms with Gasteiger partial charge >= 0.3 is 0 Å². The van der Waals surface area contributed by atoms with Crippen LogP contribution in [0.25, 0.3) is 0 Å². The molecule has 2 rings (SSSR count). The highest BCUT2D eigenvalue weighted by Gasteiger charge is 2.26. The molecule has 0 radical (unpaired) electrons. The topological polar surface area (TPSA) is 64.3 Å². The number of hydrogen-bond acceptors (Lipinski definition) is 3. The van der Waals surface area contributed by atoms with Crippen molar-refractivity contribution in [3.8, 4) is 0 Å². The molecule has 4 nitrogen and oxygen atoms in total. The fourth-order valence-corrected chi connectivity index (χ4v) is 2.25. The number of carbonyl (C=O) groups excluding carboxylic acids is 1. The molecule has 2 atom stereocenters. The number of nitrogens with one attached hydrogen (secondary N) is 1. The lowest BCUT2D eigenvalue weighted by Gasteiger charge is -2.13. The molecule has 0 bridgehead atoms. The smallest absolute Gasteiger partial charge is 0.253 e. The molecule has 17 heavy (non-hydrogen) atoms. The first-order valence-corrected chi connectivity index (χ1v) is 5.89. The fourth-order valence-electron chi connectivity index (χ4n) is 2.25. The van der Waals surface area contributed by atoms with Gasteiger partial charge in [-0.25, -0.2) is 0 Å². The van der Waals surface area contributed by atoms with Gasteiger partial charge in [0.25, 0.3) is 5.91 Å². The second kappa shape index (κ2) is 5.19. The summed E-state index contributed by atoms with van der Waals surface area (Å²) in [4.78, 5) is 12.0. The number of rotatable bonds is 3. The van der Waals surface area contributed by atoms with E-state index in [2.05, 4.69) is 5.32 Å². The molecule has 2 unspecified atom stereocenters. The Kier molecular flexibility index (Phi) is 3.64. The molecule has 92 valence electrons.